The van der Waals surface area contributed by atoms with E-state index < -0.39 is 0 Å². The minimum absolute atomic E-state index is 0.112. The predicted octanol–water partition coefficient (Wildman–Crippen LogP) is 4.90. The van der Waals surface area contributed by atoms with E-state index in [1.807, 2.05) is 41.4 Å². The molecule has 2 aliphatic rings. The summed E-state index contributed by atoms with van der Waals surface area (Å²) in [5, 5.41) is 1.19. The molecule has 2 fully saturated rings. The fourth-order valence-corrected chi connectivity index (χ4v) is 4.91. The van der Waals surface area contributed by atoms with Crippen LogP contribution in [-0.2, 0) is 6.54 Å². The molecule has 166 valence electrons. The van der Waals surface area contributed by atoms with Gasteiger partial charge in [-0.25, -0.2) is 0 Å². The van der Waals surface area contributed by atoms with E-state index in [-0.39, 0.29) is 12.0 Å². The Balaban J connectivity index is 1.21. The van der Waals surface area contributed by atoms with Crippen molar-refractivity contribution >= 4 is 16.8 Å². The SMILES string of the molecule is O=C(c1ccccc1OC1CCN(Cc2cccc3cccnc23)CC1)N1CCCCC1. The Kier molecular flexibility index (Phi) is 6.35. The molecule has 0 saturated carbocycles. The molecule has 32 heavy (non-hydrogen) atoms. The topological polar surface area (TPSA) is 45.7 Å². The first kappa shape index (κ1) is 21.0. The van der Waals surface area contributed by atoms with E-state index >= 15 is 0 Å². The van der Waals surface area contributed by atoms with Crippen LogP contribution < -0.4 is 4.74 Å². The van der Waals surface area contributed by atoms with Gasteiger partial charge in [0.05, 0.1) is 11.1 Å². The lowest BCUT2D eigenvalue weighted by Crippen LogP contribution is -2.38. The first-order chi connectivity index (χ1) is 15.8. The van der Waals surface area contributed by atoms with Gasteiger partial charge in [-0.2, -0.15) is 0 Å². The second-order valence-electron chi connectivity index (χ2n) is 8.93. The van der Waals surface area contributed by atoms with Gasteiger partial charge in [0.15, 0.2) is 0 Å². The second-order valence-corrected chi connectivity index (χ2v) is 8.93. The van der Waals surface area contributed by atoms with Gasteiger partial charge < -0.3 is 9.64 Å². The molecular weight excluding hydrogens is 398 g/mol. The van der Waals surface area contributed by atoms with Crippen molar-refractivity contribution in [2.24, 2.45) is 0 Å². The summed E-state index contributed by atoms with van der Waals surface area (Å²) < 4.78 is 6.38. The van der Waals surface area contributed by atoms with Gasteiger partial charge in [0.25, 0.3) is 5.91 Å². The van der Waals surface area contributed by atoms with Gasteiger partial charge in [-0.15, -0.1) is 0 Å². The molecule has 2 aliphatic heterocycles. The summed E-state index contributed by atoms with van der Waals surface area (Å²) in [6.07, 6.45) is 7.35. The number of hydrogen-bond acceptors (Lipinski definition) is 4. The van der Waals surface area contributed by atoms with E-state index in [1.165, 1.54) is 17.4 Å². The van der Waals surface area contributed by atoms with Crippen molar-refractivity contribution in [3.63, 3.8) is 0 Å². The number of ether oxygens (including phenoxy) is 1. The maximum atomic E-state index is 13.1. The molecule has 2 saturated heterocycles. The predicted molar refractivity (Wildman–Crippen MR) is 127 cm³/mol. The van der Waals surface area contributed by atoms with Crippen LogP contribution in [-0.4, -0.2) is 53.0 Å². The van der Waals surface area contributed by atoms with Crippen molar-refractivity contribution in [3.05, 3.63) is 71.9 Å². The largest absolute Gasteiger partial charge is 0.489 e. The summed E-state index contributed by atoms with van der Waals surface area (Å²) in [6, 6.07) is 18.3. The van der Waals surface area contributed by atoms with Crippen LogP contribution in [0.5, 0.6) is 5.75 Å². The number of fused-ring (bicyclic) bond motifs is 1. The molecule has 5 nitrogen and oxygen atoms in total. The quantitative estimate of drug-likeness (QED) is 0.578. The van der Waals surface area contributed by atoms with E-state index in [9.17, 15) is 4.79 Å². The standard InChI is InChI=1S/C27H31N3O2/c31-27(30-16-4-1-5-17-30)24-11-2-3-12-25(24)32-23-13-18-29(19-14-23)20-22-9-6-8-21-10-7-15-28-26(21)22/h2-3,6-12,15,23H,1,4-5,13-14,16-20H2. The van der Waals surface area contributed by atoms with Gasteiger partial charge in [0.2, 0.25) is 0 Å². The fraction of sp³-hybridized carbons (Fsp3) is 0.407. The third kappa shape index (κ3) is 4.63. The lowest BCUT2D eigenvalue weighted by molar-refractivity contribution is 0.0702. The lowest BCUT2D eigenvalue weighted by atomic mass is 10.0. The van der Waals surface area contributed by atoms with Crippen LogP contribution in [0.15, 0.2) is 60.8 Å². The normalized spacial score (nSPS) is 18.1. The number of aromatic nitrogens is 1. The van der Waals surface area contributed by atoms with Crippen LogP contribution in [0.1, 0.15) is 48.0 Å². The number of para-hydroxylation sites is 2. The van der Waals surface area contributed by atoms with Crippen LogP contribution in [0, 0.1) is 0 Å². The average Bonchev–Trinajstić information content (AvgIpc) is 2.86. The minimum atomic E-state index is 0.112. The molecule has 1 aromatic heterocycles. The molecule has 5 rings (SSSR count). The highest BCUT2D eigenvalue weighted by molar-refractivity contribution is 5.97. The average molecular weight is 430 g/mol. The molecule has 3 heterocycles. The van der Waals surface area contributed by atoms with Gasteiger partial charge in [0, 0.05) is 44.3 Å². The monoisotopic (exact) mass is 429 g/mol. The number of carbonyl (C=O) groups is 1. The number of carbonyl (C=O) groups excluding carboxylic acids is 1. The van der Waals surface area contributed by atoms with Crippen LogP contribution in [0.25, 0.3) is 10.9 Å². The molecule has 3 aromatic rings. The molecule has 0 radical (unpaired) electrons. The Morgan fingerprint density at radius 1 is 0.906 bits per heavy atom. The zero-order chi connectivity index (χ0) is 21.8. The maximum Gasteiger partial charge on any atom is 0.257 e. The minimum Gasteiger partial charge on any atom is -0.489 e. The van der Waals surface area contributed by atoms with Gasteiger partial charge in [-0.05, 0) is 55.9 Å². The Hall–Kier alpha value is -2.92. The Morgan fingerprint density at radius 2 is 1.69 bits per heavy atom. The molecule has 5 heteroatoms. The van der Waals surface area contributed by atoms with Crippen molar-refractivity contribution in [2.75, 3.05) is 26.2 Å². The molecule has 0 aliphatic carbocycles. The molecule has 0 bridgehead atoms. The van der Waals surface area contributed by atoms with Gasteiger partial charge in [-0.3, -0.25) is 14.7 Å². The van der Waals surface area contributed by atoms with Crippen molar-refractivity contribution < 1.29 is 9.53 Å². The van der Waals surface area contributed by atoms with E-state index in [0.717, 1.165) is 69.7 Å². The number of rotatable bonds is 5. The van der Waals surface area contributed by atoms with Crippen molar-refractivity contribution in [3.8, 4) is 5.75 Å². The number of amides is 1. The van der Waals surface area contributed by atoms with E-state index in [1.54, 1.807) is 0 Å². The second kappa shape index (κ2) is 9.70. The lowest BCUT2D eigenvalue weighted by Gasteiger charge is -2.33. The van der Waals surface area contributed by atoms with Gasteiger partial charge in [-0.1, -0.05) is 36.4 Å². The summed E-state index contributed by atoms with van der Waals surface area (Å²) in [6.45, 7) is 4.58. The van der Waals surface area contributed by atoms with Crippen molar-refractivity contribution in [2.45, 2.75) is 44.8 Å². The van der Waals surface area contributed by atoms with Gasteiger partial charge in [0.1, 0.15) is 11.9 Å². The van der Waals surface area contributed by atoms with E-state index in [2.05, 4.69) is 34.1 Å². The zero-order valence-corrected chi connectivity index (χ0v) is 18.6. The summed E-state index contributed by atoms with van der Waals surface area (Å²) >= 11 is 0. The molecule has 0 unspecified atom stereocenters. The molecular formula is C27H31N3O2. The van der Waals surface area contributed by atoms with Crippen LogP contribution in [0.4, 0.5) is 0 Å². The number of nitrogens with zero attached hydrogens (tertiary/aromatic N) is 3. The summed E-state index contributed by atoms with van der Waals surface area (Å²) in [7, 11) is 0. The summed E-state index contributed by atoms with van der Waals surface area (Å²) in [4.78, 5) is 22.1. The number of hydrogen-bond donors (Lipinski definition) is 0. The van der Waals surface area contributed by atoms with Crippen molar-refractivity contribution in [1.82, 2.24) is 14.8 Å². The fourth-order valence-electron chi connectivity index (χ4n) is 4.91. The van der Waals surface area contributed by atoms with Crippen molar-refractivity contribution in [1.29, 1.82) is 0 Å². The van der Waals surface area contributed by atoms with Crippen LogP contribution in [0.3, 0.4) is 0 Å². The smallest absolute Gasteiger partial charge is 0.257 e. The first-order valence-electron chi connectivity index (χ1n) is 11.9. The molecule has 2 aromatic carbocycles. The van der Waals surface area contributed by atoms with E-state index in [4.69, 9.17) is 4.74 Å². The number of benzene rings is 2. The Labute approximate surface area is 190 Å². The highest BCUT2D eigenvalue weighted by Crippen LogP contribution is 2.26. The van der Waals surface area contributed by atoms with Crippen LogP contribution in [0.2, 0.25) is 0 Å². The summed E-state index contributed by atoms with van der Waals surface area (Å²) in [5.41, 5.74) is 3.08. The first-order valence-corrected chi connectivity index (χ1v) is 11.9. The number of likely N-dealkylation sites (tertiary alicyclic amines) is 2. The molecule has 0 atom stereocenters. The van der Waals surface area contributed by atoms with Crippen LogP contribution >= 0.6 is 0 Å². The number of pyridine rings is 1. The Bertz CT molecular complexity index is 1060. The molecule has 0 N–H and O–H groups in total. The third-order valence-electron chi connectivity index (χ3n) is 6.70. The summed E-state index contributed by atoms with van der Waals surface area (Å²) in [5.74, 6) is 0.848. The van der Waals surface area contributed by atoms with E-state index in [0.29, 0.717) is 5.56 Å². The van der Waals surface area contributed by atoms with Gasteiger partial charge >= 0.3 is 0 Å². The highest BCUT2D eigenvalue weighted by Gasteiger charge is 2.25. The molecule has 0 spiro atoms. The zero-order valence-electron chi connectivity index (χ0n) is 18.6. The highest BCUT2D eigenvalue weighted by atomic mass is 16.5. The number of piperidine rings is 2. The molecule has 1 amide bonds. The third-order valence-corrected chi connectivity index (χ3v) is 6.70. The Morgan fingerprint density at radius 3 is 2.53 bits per heavy atom. The maximum absolute atomic E-state index is 13.1.